The van der Waals surface area contributed by atoms with Gasteiger partial charge in [0.2, 0.25) is 0 Å². The molecule has 0 bridgehead atoms. The topological polar surface area (TPSA) is 63.7 Å². The van der Waals surface area contributed by atoms with Crippen molar-refractivity contribution in [2.24, 2.45) is 0 Å². The zero-order valence-electron chi connectivity index (χ0n) is 17.9. The average molecular weight is 468 g/mol. The molecule has 0 atom stereocenters. The Labute approximate surface area is 201 Å². The van der Waals surface area contributed by atoms with Crippen molar-refractivity contribution in [3.05, 3.63) is 136 Å². The van der Waals surface area contributed by atoms with Crippen LogP contribution in [0.15, 0.2) is 103 Å². The lowest BCUT2D eigenvalue weighted by Gasteiger charge is -2.19. The average Bonchev–Trinajstić information content (AvgIpc) is 3.12. The second-order valence-electron chi connectivity index (χ2n) is 7.79. The first kappa shape index (κ1) is 21.6. The summed E-state index contributed by atoms with van der Waals surface area (Å²) in [6.07, 6.45) is -0.622. The Kier molecular flexibility index (Phi) is 5.70. The Morgan fingerprint density at radius 2 is 1.32 bits per heavy atom. The number of halogens is 1. The van der Waals surface area contributed by atoms with E-state index in [1.54, 1.807) is 24.3 Å². The number of fused-ring (bicyclic) bond motifs is 1. The molecular weight excluding hydrogens is 450 g/mol. The van der Waals surface area contributed by atoms with Crippen LogP contribution in [0.1, 0.15) is 48.3 Å². The number of ether oxygens (including phenoxy) is 1. The molecule has 0 unspecified atom stereocenters. The lowest BCUT2D eigenvalue weighted by atomic mass is 10.0. The van der Waals surface area contributed by atoms with Crippen molar-refractivity contribution >= 4 is 35.1 Å². The number of imide groups is 1. The fourth-order valence-corrected chi connectivity index (χ4v) is 4.16. The highest BCUT2D eigenvalue weighted by atomic mass is 35.5. The molecule has 0 saturated heterocycles. The third-order valence-corrected chi connectivity index (χ3v) is 5.85. The minimum absolute atomic E-state index is 0.149. The summed E-state index contributed by atoms with van der Waals surface area (Å²) in [4.78, 5) is 40.2. The Hall–Kier alpha value is -4.22. The molecule has 0 fully saturated rings. The van der Waals surface area contributed by atoms with Crippen molar-refractivity contribution in [2.75, 3.05) is 4.90 Å². The minimum Gasteiger partial charge on any atom is -0.449 e. The van der Waals surface area contributed by atoms with Crippen LogP contribution in [0.3, 0.4) is 0 Å². The van der Waals surface area contributed by atoms with Crippen molar-refractivity contribution < 1.29 is 19.1 Å². The molecule has 0 radical (unpaired) electrons. The van der Waals surface area contributed by atoms with Crippen LogP contribution in [0, 0.1) is 0 Å². The number of carbonyl (C=O) groups is 3. The third-order valence-electron chi connectivity index (χ3n) is 5.62. The number of esters is 1. The summed E-state index contributed by atoms with van der Waals surface area (Å²) in [5, 5.41) is 0.409. The molecule has 4 aromatic carbocycles. The van der Waals surface area contributed by atoms with Crippen molar-refractivity contribution in [3.8, 4) is 0 Å². The van der Waals surface area contributed by atoms with Crippen LogP contribution >= 0.6 is 11.6 Å². The van der Waals surface area contributed by atoms with Crippen LogP contribution < -0.4 is 4.90 Å². The first-order chi connectivity index (χ1) is 16.5. The standard InChI is InChI=1S/C28H18ClNO4/c29-21-12-7-13-22(17-21)30-26(31)23-15-14-20(16-24(23)27(30)32)28(33)34-25(18-8-3-1-4-9-18)19-10-5-2-6-11-19/h1-17,25H. The van der Waals surface area contributed by atoms with Gasteiger partial charge in [0.15, 0.2) is 6.10 Å². The van der Waals surface area contributed by atoms with Gasteiger partial charge in [-0.3, -0.25) is 9.59 Å². The number of hydrogen-bond donors (Lipinski definition) is 0. The van der Waals surface area contributed by atoms with E-state index in [0.29, 0.717) is 10.7 Å². The molecule has 1 heterocycles. The number of amides is 2. The molecule has 1 aliphatic heterocycles. The molecule has 5 nitrogen and oxygen atoms in total. The van der Waals surface area contributed by atoms with Crippen LogP contribution in [0.2, 0.25) is 5.02 Å². The molecule has 4 aromatic rings. The van der Waals surface area contributed by atoms with Gasteiger partial charge in [0.05, 0.1) is 22.4 Å². The monoisotopic (exact) mass is 467 g/mol. The quantitative estimate of drug-likeness (QED) is 0.263. The smallest absolute Gasteiger partial charge is 0.339 e. The molecule has 34 heavy (non-hydrogen) atoms. The molecule has 5 rings (SSSR count). The predicted octanol–water partition coefficient (Wildman–Crippen LogP) is 6.09. The highest BCUT2D eigenvalue weighted by Gasteiger charge is 2.37. The maximum absolute atomic E-state index is 13.1. The molecular formula is C28H18ClNO4. The summed E-state index contributed by atoms with van der Waals surface area (Å²) in [6.45, 7) is 0. The summed E-state index contributed by atoms with van der Waals surface area (Å²) in [5.74, 6) is -1.57. The number of nitrogens with zero attached hydrogens (tertiary/aromatic N) is 1. The maximum Gasteiger partial charge on any atom is 0.339 e. The van der Waals surface area contributed by atoms with E-state index in [9.17, 15) is 14.4 Å². The third kappa shape index (κ3) is 3.98. The van der Waals surface area contributed by atoms with Gasteiger partial charge in [-0.05, 0) is 47.5 Å². The van der Waals surface area contributed by atoms with E-state index in [-0.39, 0.29) is 16.7 Å². The molecule has 0 aromatic heterocycles. The molecule has 0 aliphatic carbocycles. The van der Waals surface area contributed by atoms with Gasteiger partial charge in [0, 0.05) is 5.02 Å². The van der Waals surface area contributed by atoms with Crippen molar-refractivity contribution in [1.29, 1.82) is 0 Å². The van der Waals surface area contributed by atoms with Crippen LogP contribution in [-0.4, -0.2) is 17.8 Å². The fraction of sp³-hybridized carbons (Fsp3) is 0.0357. The van der Waals surface area contributed by atoms with Gasteiger partial charge < -0.3 is 4.74 Å². The van der Waals surface area contributed by atoms with E-state index in [1.165, 1.54) is 18.2 Å². The largest absolute Gasteiger partial charge is 0.449 e. The molecule has 0 saturated carbocycles. The molecule has 0 N–H and O–H groups in total. The van der Waals surface area contributed by atoms with E-state index in [1.807, 2.05) is 60.7 Å². The summed E-state index contributed by atoms with van der Waals surface area (Å²) in [5.41, 5.74) is 2.57. The van der Waals surface area contributed by atoms with E-state index < -0.39 is 23.9 Å². The zero-order chi connectivity index (χ0) is 23.7. The molecule has 0 spiro atoms. The summed E-state index contributed by atoms with van der Waals surface area (Å²) >= 11 is 6.04. The number of hydrogen-bond acceptors (Lipinski definition) is 4. The number of carbonyl (C=O) groups excluding carboxylic acids is 3. The second kappa shape index (κ2) is 8.96. The normalized spacial score (nSPS) is 12.7. The van der Waals surface area contributed by atoms with Crippen molar-refractivity contribution in [2.45, 2.75) is 6.10 Å². The van der Waals surface area contributed by atoms with Gasteiger partial charge in [-0.1, -0.05) is 78.3 Å². The zero-order valence-corrected chi connectivity index (χ0v) is 18.6. The fourth-order valence-electron chi connectivity index (χ4n) is 3.98. The van der Waals surface area contributed by atoms with E-state index >= 15 is 0 Å². The number of rotatable bonds is 5. The second-order valence-corrected chi connectivity index (χ2v) is 8.23. The Morgan fingerprint density at radius 3 is 1.94 bits per heavy atom. The highest BCUT2D eigenvalue weighted by molar-refractivity contribution is 6.35. The van der Waals surface area contributed by atoms with Crippen molar-refractivity contribution in [3.63, 3.8) is 0 Å². The number of anilines is 1. The first-order valence-corrected chi connectivity index (χ1v) is 11.0. The van der Waals surface area contributed by atoms with E-state index in [0.717, 1.165) is 16.0 Å². The highest BCUT2D eigenvalue weighted by Crippen LogP contribution is 2.32. The number of benzene rings is 4. The summed E-state index contributed by atoms with van der Waals surface area (Å²) in [7, 11) is 0. The van der Waals surface area contributed by atoms with Crippen molar-refractivity contribution in [1.82, 2.24) is 0 Å². The van der Waals surface area contributed by atoms with Gasteiger partial charge in [-0.15, -0.1) is 0 Å². The summed E-state index contributed by atoms with van der Waals surface area (Å²) < 4.78 is 5.89. The maximum atomic E-state index is 13.1. The van der Waals surface area contributed by atoms with Crippen LogP contribution in [-0.2, 0) is 4.74 Å². The summed E-state index contributed by atoms with van der Waals surface area (Å²) in [6, 6.07) is 29.7. The van der Waals surface area contributed by atoms with Crippen LogP contribution in [0.5, 0.6) is 0 Å². The molecule has 6 heteroatoms. The Balaban J connectivity index is 1.45. The molecule has 1 aliphatic rings. The molecule has 166 valence electrons. The van der Waals surface area contributed by atoms with Gasteiger partial charge in [-0.2, -0.15) is 0 Å². The van der Waals surface area contributed by atoms with E-state index in [4.69, 9.17) is 16.3 Å². The van der Waals surface area contributed by atoms with Gasteiger partial charge in [0.1, 0.15) is 0 Å². The Bertz CT molecular complexity index is 1360. The first-order valence-electron chi connectivity index (χ1n) is 10.6. The predicted molar refractivity (Wildman–Crippen MR) is 129 cm³/mol. The molecule has 2 amide bonds. The Morgan fingerprint density at radius 1 is 0.706 bits per heavy atom. The SMILES string of the molecule is O=C(OC(c1ccccc1)c1ccccc1)c1ccc2c(c1)C(=O)N(c1cccc(Cl)c1)C2=O. The minimum atomic E-state index is -0.622. The van der Waals surface area contributed by atoms with Crippen LogP contribution in [0.25, 0.3) is 0 Å². The van der Waals surface area contributed by atoms with Gasteiger partial charge >= 0.3 is 5.97 Å². The van der Waals surface area contributed by atoms with E-state index in [2.05, 4.69) is 0 Å². The van der Waals surface area contributed by atoms with Gasteiger partial charge in [0.25, 0.3) is 11.8 Å². The lowest BCUT2D eigenvalue weighted by molar-refractivity contribution is 0.0378. The van der Waals surface area contributed by atoms with Gasteiger partial charge in [-0.25, -0.2) is 9.69 Å². The van der Waals surface area contributed by atoms with Crippen LogP contribution in [0.4, 0.5) is 5.69 Å². The lowest BCUT2D eigenvalue weighted by Crippen LogP contribution is -2.29.